The Bertz CT molecular complexity index is 1170. The van der Waals surface area contributed by atoms with E-state index in [0.717, 1.165) is 21.6 Å². The summed E-state index contributed by atoms with van der Waals surface area (Å²) in [5.74, 6) is -1.08. The van der Waals surface area contributed by atoms with Gasteiger partial charge < -0.3 is 5.11 Å². The third-order valence-electron chi connectivity index (χ3n) is 5.17. The minimum Gasteiger partial charge on any atom is -0.507 e. The first-order valence-electron chi connectivity index (χ1n) is 10.2. The van der Waals surface area contributed by atoms with E-state index in [9.17, 15) is 22.9 Å². The minimum absolute atomic E-state index is 0.244. The second-order valence-electron chi connectivity index (χ2n) is 9.99. The lowest BCUT2D eigenvalue weighted by Crippen LogP contribution is -2.38. The van der Waals surface area contributed by atoms with Gasteiger partial charge in [-0.3, -0.25) is 14.2 Å². The first kappa shape index (κ1) is 24.4. The highest BCUT2D eigenvalue weighted by Crippen LogP contribution is 2.44. The van der Waals surface area contributed by atoms with Crippen LogP contribution < -0.4 is 4.90 Å². The molecular weight excluding hydrogens is 446 g/mol. The summed E-state index contributed by atoms with van der Waals surface area (Å²) >= 11 is 1.25. The number of benzene rings is 2. The van der Waals surface area contributed by atoms with Crippen molar-refractivity contribution in [1.29, 1.82) is 0 Å². The Hall–Kier alpha value is -2.29. The normalized spacial score (nSPS) is 16.4. The van der Waals surface area contributed by atoms with Gasteiger partial charge in [0.1, 0.15) is 5.75 Å². The average molecular weight is 476 g/mol. The van der Waals surface area contributed by atoms with Crippen LogP contribution in [0.15, 0.2) is 46.2 Å². The maximum Gasteiger partial charge on any atom is 0.283 e. The zero-order valence-electron chi connectivity index (χ0n) is 19.1. The van der Waals surface area contributed by atoms with E-state index in [4.69, 9.17) is 0 Å². The summed E-state index contributed by atoms with van der Waals surface area (Å²) in [7, 11) is -4.42. The fourth-order valence-corrected chi connectivity index (χ4v) is 5.23. The quantitative estimate of drug-likeness (QED) is 0.461. The molecule has 0 saturated carbocycles. The van der Waals surface area contributed by atoms with Gasteiger partial charge in [-0.2, -0.15) is 8.42 Å². The molecule has 2 aromatic carbocycles. The van der Waals surface area contributed by atoms with Crippen molar-refractivity contribution >= 4 is 39.6 Å². The van der Waals surface area contributed by atoms with E-state index in [1.54, 1.807) is 30.3 Å². The van der Waals surface area contributed by atoms with E-state index in [1.807, 2.05) is 53.7 Å². The number of thioether (sulfide) groups is 1. The predicted octanol–water partition coefficient (Wildman–Crippen LogP) is 5.31. The molecule has 0 aromatic heterocycles. The van der Waals surface area contributed by atoms with Gasteiger partial charge in [-0.1, -0.05) is 65.4 Å². The van der Waals surface area contributed by atoms with Gasteiger partial charge in [0.05, 0.1) is 10.6 Å². The molecule has 6 nitrogen and oxygen atoms in total. The zero-order chi connectivity index (χ0) is 24.1. The molecule has 3 rings (SSSR count). The van der Waals surface area contributed by atoms with Gasteiger partial charge in [-0.25, -0.2) is 0 Å². The molecular formula is C24H29NO5S2. The van der Waals surface area contributed by atoms with Crippen LogP contribution in [0.4, 0.5) is 5.69 Å². The highest BCUT2D eigenvalue weighted by Gasteiger charge is 2.32. The summed E-state index contributed by atoms with van der Waals surface area (Å²) in [6.45, 7) is 12.1. The summed E-state index contributed by atoms with van der Waals surface area (Å²) in [5, 5.41) is 10.9. The SMILES string of the molecule is CC(C)(C)c1cc(/C=C2\Sc3ccccc3N(CS(=O)(=O)O)C2=O)cc(C(C)(C)C)c1O. The Morgan fingerprint density at radius 1 is 1.00 bits per heavy atom. The van der Waals surface area contributed by atoms with Crippen molar-refractivity contribution in [3.63, 3.8) is 0 Å². The molecule has 32 heavy (non-hydrogen) atoms. The number of rotatable bonds is 3. The van der Waals surface area contributed by atoms with Crippen LogP contribution in [0, 0.1) is 0 Å². The lowest BCUT2D eigenvalue weighted by atomic mass is 9.78. The van der Waals surface area contributed by atoms with Crippen LogP contribution in [0.1, 0.15) is 58.2 Å². The molecule has 0 spiro atoms. The van der Waals surface area contributed by atoms with Crippen LogP contribution >= 0.6 is 11.8 Å². The zero-order valence-corrected chi connectivity index (χ0v) is 20.8. The second kappa shape index (κ2) is 8.24. The first-order chi connectivity index (χ1) is 14.6. The molecule has 0 fully saturated rings. The number of carbonyl (C=O) groups excluding carboxylic acids is 1. The molecule has 1 aliphatic rings. The van der Waals surface area contributed by atoms with Crippen molar-refractivity contribution in [2.75, 3.05) is 10.8 Å². The van der Waals surface area contributed by atoms with Crippen LogP contribution in [0.3, 0.4) is 0 Å². The number of hydrogen-bond donors (Lipinski definition) is 2. The van der Waals surface area contributed by atoms with Gasteiger partial charge in [-0.05, 0) is 46.7 Å². The van der Waals surface area contributed by atoms with Crippen molar-refractivity contribution in [1.82, 2.24) is 0 Å². The van der Waals surface area contributed by atoms with E-state index in [2.05, 4.69) is 0 Å². The number of amides is 1. The molecule has 172 valence electrons. The fourth-order valence-electron chi connectivity index (χ4n) is 3.59. The third-order valence-corrected chi connectivity index (χ3v) is 6.83. The monoisotopic (exact) mass is 475 g/mol. The van der Waals surface area contributed by atoms with Gasteiger partial charge in [0.2, 0.25) is 0 Å². The van der Waals surface area contributed by atoms with E-state index < -0.39 is 21.9 Å². The number of phenolic OH excluding ortho intramolecular Hbond substituents is 1. The largest absolute Gasteiger partial charge is 0.507 e. The fraction of sp³-hybridized carbons (Fsp3) is 0.375. The highest BCUT2D eigenvalue weighted by atomic mass is 32.2. The number of anilines is 1. The lowest BCUT2D eigenvalue weighted by Gasteiger charge is -2.30. The maximum atomic E-state index is 13.2. The number of phenols is 1. The van der Waals surface area contributed by atoms with E-state index in [-0.39, 0.29) is 16.6 Å². The second-order valence-corrected chi connectivity index (χ2v) is 12.5. The molecule has 0 aliphatic carbocycles. The van der Waals surface area contributed by atoms with Gasteiger partial charge >= 0.3 is 0 Å². The topological polar surface area (TPSA) is 94.9 Å². The van der Waals surface area contributed by atoms with E-state index in [0.29, 0.717) is 15.5 Å². The van der Waals surface area contributed by atoms with Crippen molar-refractivity contribution in [2.45, 2.75) is 57.3 Å². The van der Waals surface area contributed by atoms with E-state index >= 15 is 0 Å². The van der Waals surface area contributed by atoms with Crippen molar-refractivity contribution in [2.24, 2.45) is 0 Å². The lowest BCUT2D eigenvalue weighted by molar-refractivity contribution is -0.114. The van der Waals surface area contributed by atoms with Crippen LogP contribution in [-0.4, -0.2) is 29.9 Å². The summed E-state index contributed by atoms with van der Waals surface area (Å²) < 4.78 is 32.5. The Morgan fingerprint density at radius 3 is 2.03 bits per heavy atom. The summed E-state index contributed by atoms with van der Waals surface area (Å²) in [6, 6.07) is 10.7. The number of carbonyl (C=O) groups is 1. The predicted molar refractivity (Wildman–Crippen MR) is 130 cm³/mol. The third kappa shape index (κ3) is 5.19. The molecule has 2 aromatic rings. The first-order valence-corrected chi connectivity index (χ1v) is 12.6. The van der Waals surface area contributed by atoms with Gasteiger partial charge in [0, 0.05) is 16.0 Å². The number of aromatic hydroxyl groups is 1. The molecule has 1 aliphatic heterocycles. The van der Waals surface area contributed by atoms with Crippen LogP contribution in [0.25, 0.3) is 6.08 Å². The van der Waals surface area contributed by atoms with Crippen LogP contribution in [0.2, 0.25) is 0 Å². The van der Waals surface area contributed by atoms with Crippen molar-refractivity contribution in [3.8, 4) is 5.75 Å². The minimum atomic E-state index is -4.42. The molecule has 0 unspecified atom stereocenters. The standard InChI is InChI=1S/C24H29NO5S2/c1-23(2,3)16-11-15(12-17(21(16)26)24(4,5)6)13-20-22(27)25(14-32(28,29)30)18-9-7-8-10-19(18)31-20/h7-13,26H,14H2,1-6H3,(H,28,29,30)/b20-13-. The Labute approximate surface area is 194 Å². The van der Waals surface area contributed by atoms with Gasteiger partial charge in [0.25, 0.3) is 16.0 Å². The number of nitrogens with zero attached hydrogens (tertiary/aromatic N) is 1. The van der Waals surface area contributed by atoms with Crippen LogP contribution in [0.5, 0.6) is 5.75 Å². The Morgan fingerprint density at radius 2 is 1.53 bits per heavy atom. The molecule has 2 N–H and O–H groups in total. The molecule has 0 radical (unpaired) electrons. The van der Waals surface area contributed by atoms with Crippen LogP contribution in [-0.2, 0) is 25.7 Å². The average Bonchev–Trinajstić information content (AvgIpc) is 2.63. The van der Waals surface area contributed by atoms with E-state index in [1.165, 1.54) is 11.8 Å². The molecule has 1 amide bonds. The molecule has 0 bridgehead atoms. The van der Waals surface area contributed by atoms with Crippen molar-refractivity contribution < 1.29 is 22.9 Å². The number of fused-ring (bicyclic) bond motifs is 1. The van der Waals surface area contributed by atoms with Crippen molar-refractivity contribution in [3.05, 3.63) is 58.0 Å². The number of para-hydroxylation sites is 1. The smallest absolute Gasteiger partial charge is 0.283 e. The maximum absolute atomic E-state index is 13.2. The Kier molecular flexibility index (Phi) is 6.27. The highest BCUT2D eigenvalue weighted by molar-refractivity contribution is 8.04. The Balaban J connectivity index is 2.18. The summed E-state index contributed by atoms with van der Waals surface area (Å²) in [6.07, 6.45) is 1.71. The molecule has 0 atom stereocenters. The van der Waals surface area contributed by atoms with Gasteiger partial charge in [-0.15, -0.1) is 0 Å². The van der Waals surface area contributed by atoms with Gasteiger partial charge in [0.15, 0.2) is 5.88 Å². The molecule has 1 heterocycles. The molecule has 0 saturated heterocycles. The summed E-state index contributed by atoms with van der Waals surface area (Å²) in [5.41, 5.74) is 2.05. The molecule has 8 heteroatoms. The summed E-state index contributed by atoms with van der Waals surface area (Å²) in [4.78, 5) is 15.3. The number of hydrogen-bond acceptors (Lipinski definition) is 5.